The van der Waals surface area contributed by atoms with E-state index < -0.39 is 21.7 Å². The summed E-state index contributed by atoms with van der Waals surface area (Å²) in [6.45, 7) is 1.59. The van der Waals surface area contributed by atoms with Crippen LogP contribution in [0.25, 0.3) is 0 Å². The number of anilines is 1. The van der Waals surface area contributed by atoms with E-state index in [9.17, 15) is 17.6 Å². The second-order valence-corrected chi connectivity index (χ2v) is 4.62. The summed E-state index contributed by atoms with van der Waals surface area (Å²) in [4.78, 5) is 10.8. The molecule has 0 aromatic heterocycles. The number of primary sulfonamides is 1. The molecule has 1 rings (SSSR count). The molecule has 0 atom stereocenters. The summed E-state index contributed by atoms with van der Waals surface area (Å²) < 4.78 is 35.2. The lowest BCUT2D eigenvalue weighted by atomic mass is 10.3. The van der Waals surface area contributed by atoms with E-state index in [1.165, 1.54) is 0 Å². The van der Waals surface area contributed by atoms with Gasteiger partial charge in [-0.15, -0.1) is 0 Å². The van der Waals surface area contributed by atoms with Crippen LogP contribution in [0.5, 0.6) is 0 Å². The Kier molecular flexibility index (Phi) is 3.61. The zero-order valence-corrected chi connectivity index (χ0v) is 9.34. The molecule has 1 aromatic rings. The third-order valence-electron chi connectivity index (χ3n) is 1.84. The van der Waals surface area contributed by atoms with E-state index in [2.05, 4.69) is 5.32 Å². The van der Waals surface area contributed by atoms with Gasteiger partial charge in [-0.1, -0.05) is 6.92 Å². The predicted molar refractivity (Wildman–Crippen MR) is 56.7 cm³/mol. The van der Waals surface area contributed by atoms with Gasteiger partial charge in [-0.2, -0.15) is 0 Å². The molecule has 3 N–H and O–H groups in total. The van der Waals surface area contributed by atoms with Gasteiger partial charge in [0.25, 0.3) is 0 Å². The van der Waals surface area contributed by atoms with Crippen molar-refractivity contribution >= 4 is 21.6 Å². The van der Waals surface area contributed by atoms with E-state index in [4.69, 9.17) is 5.14 Å². The van der Waals surface area contributed by atoms with Gasteiger partial charge in [0.15, 0.2) is 0 Å². The third kappa shape index (κ3) is 3.01. The number of sulfonamides is 1. The van der Waals surface area contributed by atoms with Crippen LogP contribution >= 0.6 is 0 Å². The van der Waals surface area contributed by atoms with Crippen molar-refractivity contribution in [3.63, 3.8) is 0 Å². The van der Waals surface area contributed by atoms with Crippen LogP contribution in [0.3, 0.4) is 0 Å². The van der Waals surface area contributed by atoms with Crippen LogP contribution in [0.1, 0.15) is 13.3 Å². The second-order valence-electron chi connectivity index (χ2n) is 3.09. The molecule has 7 heteroatoms. The topological polar surface area (TPSA) is 89.3 Å². The lowest BCUT2D eigenvalue weighted by Crippen LogP contribution is -2.18. The molecule has 88 valence electrons. The number of amides is 1. The van der Waals surface area contributed by atoms with Crippen molar-refractivity contribution in [2.45, 2.75) is 18.2 Å². The summed E-state index contributed by atoms with van der Waals surface area (Å²) in [5, 5.41) is 7.19. The zero-order chi connectivity index (χ0) is 12.3. The lowest BCUT2D eigenvalue weighted by molar-refractivity contribution is -0.115. The summed E-state index contributed by atoms with van der Waals surface area (Å²) >= 11 is 0. The fourth-order valence-electron chi connectivity index (χ4n) is 1.09. The van der Waals surface area contributed by atoms with Gasteiger partial charge in [-0.3, -0.25) is 4.79 Å². The number of nitrogens with one attached hydrogen (secondary N) is 1. The molecule has 0 fully saturated rings. The fraction of sp³-hybridized carbons (Fsp3) is 0.222. The van der Waals surface area contributed by atoms with Gasteiger partial charge in [-0.05, 0) is 18.2 Å². The first-order valence-electron chi connectivity index (χ1n) is 4.46. The predicted octanol–water partition coefficient (Wildman–Crippen LogP) is 0.822. The molecule has 0 unspecified atom stereocenters. The van der Waals surface area contributed by atoms with Crippen molar-refractivity contribution in [3.8, 4) is 0 Å². The van der Waals surface area contributed by atoms with Crippen LogP contribution < -0.4 is 10.5 Å². The molecule has 0 aliphatic rings. The minimum absolute atomic E-state index is 0.144. The highest BCUT2D eigenvalue weighted by Gasteiger charge is 2.15. The van der Waals surface area contributed by atoms with Crippen LogP contribution in [0.15, 0.2) is 23.1 Å². The van der Waals surface area contributed by atoms with Crippen molar-refractivity contribution in [2.75, 3.05) is 5.32 Å². The number of carbonyl (C=O) groups is 1. The van der Waals surface area contributed by atoms with Crippen molar-refractivity contribution in [2.24, 2.45) is 5.14 Å². The molecule has 1 aromatic carbocycles. The highest BCUT2D eigenvalue weighted by atomic mass is 32.2. The van der Waals surface area contributed by atoms with Gasteiger partial charge in [0.05, 0.1) is 5.69 Å². The van der Waals surface area contributed by atoms with Crippen molar-refractivity contribution in [3.05, 3.63) is 24.0 Å². The number of hydrogen-bond donors (Lipinski definition) is 2. The van der Waals surface area contributed by atoms with E-state index in [-0.39, 0.29) is 17.0 Å². The third-order valence-corrected chi connectivity index (χ3v) is 2.81. The van der Waals surface area contributed by atoms with Gasteiger partial charge in [0.1, 0.15) is 10.7 Å². The summed E-state index contributed by atoms with van der Waals surface area (Å²) in [5.74, 6) is -1.07. The minimum atomic E-state index is -3.99. The maximum absolute atomic E-state index is 12.9. The molecule has 0 radical (unpaired) electrons. The fourth-order valence-corrected chi connectivity index (χ4v) is 1.76. The first-order valence-corrected chi connectivity index (χ1v) is 6.01. The van der Waals surface area contributed by atoms with Crippen LogP contribution in [0.4, 0.5) is 10.1 Å². The Hall–Kier alpha value is -1.47. The first-order chi connectivity index (χ1) is 7.34. The molecular formula is C9H11FN2O3S. The maximum atomic E-state index is 12.9. The molecule has 0 spiro atoms. The van der Waals surface area contributed by atoms with Gasteiger partial charge in [0.2, 0.25) is 15.9 Å². The summed E-state index contributed by atoms with van der Waals surface area (Å²) in [6.07, 6.45) is 0.153. The van der Waals surface area contributed by atoms with Gasteiger partial charge < -0.3 is 5.32 Å². The van der Waals surface area contributed by atoms with Gasteiger partial charge in [-0.25, -0.2) is 17.9 Å². The second kappa shape index (κ2) is 4.58. The Morgan fingerprint density at radius 2 is 2.12 bits per heavy atom. The minimum Gasteiger partial charge on any atom is -0.325 e. The zero-order valence-electron chi connectivity index (χ0n) is 8.53. The molecule has 0 aliphatic heterocycles. The van der Waals surface area contributed by atoms with Crippen LogP contribution in [0, 0.1) is 5.82 Å². The average molecular weight is 246 g/mol. The van der Waals surface area contributed by atoms with E-state index >= 15 is 0 Å². The average Bonchev–Trinajstić information content (AvgIpc) is 2.15. The highest BCUT2D eigenvalue weighted by Crippen LogP contribution is 2.21. The largest absolute Gasteiger partial charge is 0.325 e. The molecule has 5 nitrogen and oxygen atoms in total. The quantitative estimate of drug-likeness (QED) is 0.827. The van der Waals surface area contributed by atoms with Crippen molar-refractivity contribution < 1.29 is 17.6 Å². The SMILES string of the molecule is CCC(=O)Nc1cc(F)ccc1S(N)(=O)=O. The Labute approximate surface area is 92.5 Å². The lowest BCUT2D eigenvalue weighted by Gasteiger charge is -2.08. The van der Waals surface area contributed by atoms with E-state index in [1.54, 1.807) is 6.92 Å². The van der Waals surface area contributed by atoms with Gasteiger partial charge >= 0.3 is 0 Å². The highest BCUT2D eigenvalue weighted by molar-refractivity contribution is 7.89. The number of hydrogen-bond acceptors (Lipinski definition) is 3. The van der Waals surface area contributed by atoms with Gasteiger partial charge in [0, 0.05) is 6.42 Å². The molecule has 0 bridgehead atoms. The summed E-state index contributed by atoms with van der Waals surface area (Å²) in [7, 11) is -3.99. The molecule has 0 saturated carbocycles. The number of carbonyl (C=O) groups excluding carboxylic acids is 1. The van der Waals surface area contributed by atoms with E-state index in [1.807, 2.05) is 0 Å². The number of benzene rings is 1. The Morgan fingerprint density at radius 3 is 2.62 bits per heavy atom. The van der Waals surface area contributed by atoms with E-state index in [0.717, 1.165) is 18.2 Å². The monoisotopic (exact) mass is 246 g/mol. The van der Waals surface area contributed by atoms with E-state index in [0.29, 0.717) is 0 Å². The Morgan fingerprint density at radius 1 is 1.50 bits per heavy atom. The van der Waals surface area contributed by atoms with Crippen LogP contribution in [0.2, 0.25) is 0 Å². The summed E-state index contributed by atoms with van der Waals surface area (Å²) in [6, 6.07) is 2.88. The number of halogens is 1. The number of nitrogens with two attached hydrogens (primary N) is 1. The molecule has 0 saturated heterocycles. The molecule has 0 aliphatic carbocycles. The van der Waals surface area contributed by atoms with Crippen LogP contribution in [-0.2, 0) is 14.8 Å². The normalized spacial score (nSPS) is 11.2. The maximum Gasteiger partial charge on any atom is 0.240 e. The van der Waals surface area contributed by atoms with Crippen molar-refractivity contribution in [1.82, 2.24) is 0 Å². The molecule has 1 amide bonds. The smallest absolute Gasteiger partial charge is 0.240 e. The molecule has 0 heterocycles. The molecule has 16 heavy (non-hydrogen) atoms. The standard InChI is InChI=1S/C9H11FN2O3S/c1-2-9(13)12-7-5-6(10)3-4-8(7)16(11,14)15/h3-5H,2H2,1H3,(H,12,13)(H2,11,14,15). The first kappa shape index (κ1) is 12.6. The molecular weight excluding hydrogens is 235 g/mol. The summed E-state index contributed by atoms with van der Waals surface area (Å²) in [5.41, 5.74) is -0.144. The Balaban J connectivity index is 3.24. The van der Waals surface area contributed by atoms with Crippen LogP contribution in [-0.4, -0.2) is 14.3 Å². The number of rotatable bonds is 3. The Bertz CT molecular complexity index is 513. The van der Waals surface area contributed by atoms with Crippen molar-refractivity contribution in [1.29, 1.82) is 0 Å².